The van der Waals surface area contributed by atoms with Gasteiger partial charge < -0.3 is 4.57 Å². The molecule has 2 aromatic heterocycles. The molecule has 0 atom stereocenters. The number of hydrogen-bond acceptors (Lipinski definition) is 5. The maximum absolute atomic E-state index is 12.6. The molecule has 2 aromatic rings. The molecule has 0 bridgehead atoms. The van der Waals surface area contributed by atoms with Crippen molar-refractivity contribution in [2.45, 2.75) is 18.0 Å². The largest absolute Gasteiger partial charge is 0.315 e. The molecular weight excluding hydrogens is 370 g/mol. The first-order chi connectivity index (χ1) is 9.48. The molecule has 0 radical (unpaired) electrons. The van der Waals surface area contributed by atoms with Crippen LogP contribution in [0.5, 0.6) is 0 Å². The van der Waals surface area contributed by atoms with Crippen LogP contribution in [0.1, 0.15) is 5.82 Å². The molecule has 0 fully saturated rings. The van der Waals surface area contributed by atoms with Crippen LogP contribution in [-0.2, 0) is 23.1 Å². The average Bonchev–Trinajstić information content (AvgIpc) is 2.88. The second-order valence-corrected chi connectivity index (χ2v) is 7.40. The van der Waals surface area contributed by atoms with Gasteiger partial charge in [0.25, 0.3) is 0 Å². The second kappa shape index (κ2) is 5.06. The third-order valence-electron chi connectivity index (χ3n) is 3.00. The highest BCUT2D eigenvalue weighted by molar-refractivity contribution is 9.10. The Labute approximate surface area is 128 Å². The Kier molecular flexibility index (Phi) is 3.53. The standard InChI is InChI=1S/C10H9BrClN5O2S/c11-7-3-8(10(12)13-4-7)20(18,19)17-2-1-16-6-14-15-9(16)5-17/h3-4,6H,1-2,5H2. The van der Waals surface area contributed by atoms with Gasteiger partial charge >= 0.3 is 0 Å². The minimum atomic E-state index is -3.71. The van der Waals surface area contributed by atoms with E-state index in [0.717, 1.165) is 0 Å². The monoisotopic (exact) mass is 377 g/mol. The van der Waals surface area contributed by atoms with Crippen molar-refractivity contribution in [3.8, 4) is 0 Å². The van der Waals surface area contributed by atoms with Gasteiger partial charge in [0.2, 0.25) is 10.0 Å². The van der Waals surface area contributed by atoms with Crippen molar-refractivity contribution < 1.29 is 8.42 Å². The fourth-order valence-electron chi connectivity index (χ4n) is 1.97. The van der Waals surface area contributed by atoms with Crippen molar-refractivity contribution in [2.24, 2.45) is 0 Å². The van der Waals surface area contributed by atoms with Gasteiger partial charge in [-0.2, -0.15) is 4.31 Å². The highest BCUT2D eigenvalue weighted by atomic mass is 79.9. The summed E-state index contributed by atoms with van der Waals surface area (Å²) < 4.78 is 28.9. The Morgan fingerprint density at radius 3 is 2.95 bits per heavy atom. The molecule has 7 nitrogen and oxygen atoms in total. The fourth-order valence-corrected chi connectivity index (χ4v) is 4.28. The lowest BCUT2D eigenvalue weighted by atomic mass is 10.4. The van der Waals surface area contributed by atoms with Crippen LogP contribution in [0.3, 0.4) is 0 Å². The van der Waals surface area contributed by atoms with E-state index < -0.39 is 10.0 Å². The van der Waals surface area contributed by atoms with Crippen molar-refractivity contribution in [3.05, 3.63) is 34.0 Å². The van der Waals surface area contributed by atoms with E-state index in [1.165, 1.54) is 16.6 Å². The Balaban J connectivity index is 1.99. The van der Waals surface area contributed by atoms with E-state index in [0.29, 0.717) is 23.4 Å². The normalized spacial score (nSPS) is 16.1. The Bertz CT molecular complexity index is 763. The minimum absolute atomic E-state index is 0.0125. The number of aromatic nitrogens is 4. The van der Waals surface area contributed by atoms with Gasteiger partial charge in [0.15, 0.2) is 0 Å². The molecule has 0 spiro atoms. The quantitative estimate of drug-likeness (QED) is 0.736. The topological polar surface area (TPSA) is 81.0 Å². The summed E-state index contributed by atoms with van der Waals surface area (Å²) in [5.41, 5.74) is 0. The zero-order valence-electron chi connectivity index (χ0n) is 10.1. The zero-order valence-corrected chi connectivity index (χ0v) is 13.2. The van der Waals surface area contributed by atoms with E-state index in [9.17, 15) is 8.42 Å². The van der Waals surface area contributed by atoms with Crippen LogP contribution in [0.25, 0.3) is 0 Å². The highest BCUT2D eigenvalue weighted by Crippen LogP contribution is 2.27. The number of pyridine rings is 1. The van der Waals surface area contributed by atoms with Gasteiger partial charge in [-0.1, -0.05) is 11.6 Å². The molecule has 3 rings (SSSR count). The van der Waals surface area contributed by atoms with Gasteiger partial charge in [0.05, 0.1) is 6.54 Å². The molecule has 0 aromatic carbocycles. The first-order valence-electron chi connectivity index (χ1n) is 5.66. The number of halogens is 2. The van der Waals surface area contributed by atoms with E-state index in [1.807, 2.05) is 4.57 Å². The minimum Gasteiger partial charge on any atom is -0.315 e. The first kappa shape index (κ1) is 13.9. The molecule has 0 N–H and O–H groups in total. The lowest BCUT2D eigenvalue weighted by Crippen LogP contribution is -2.38. The summed E-state index contributed by atoms with van der Waals surface area (Å²) in [7, 11) is -3.71. The Hall–Kier alpha value is -1.03. The van der Waals surface area contributed by atoms with Crippen LogP contribution in [0.4, 0.5) is 0 Å². The molecule has 20 heavy (non-hydrogen) atoms. The highest BCUT2D eigenvalue weighted by Gasteiger charge is 2.31. The molecule has 0 amide bonds. The summed E-state index contributed by atoms with van der Waals surface area (Å²) in [5, 5.41) is 7.63. The van der Waals surface area contributed by atoms with Crippen LogP contribution in [0.15, 0.2) is 28.0 Å². The molecule has 0 unspecified atom stereocenters. The van der Waals surface area contributed by atoms with Crippen LogP contribution in [-0.4, -0.2) is 39.0 Å². The van der Waals surface area contributed by atoms with E-state index >= 15 is 0 Å². The van der Waals surface area contributed by atoms with E-state index in [-0.39, 0.29) is 16.6 Å². The van der Waals surface area contributed by atoms with E-state index in [1.54, 1.807) is 6.33 Å². The third kappa shape index (κ3) is 2.34. The predicted molar refractivity (Wildman–Crippen MR) is 74.6 cm³/mol. The van der Waals surface area contributed by atoms with Gasteiger partial charge in [-0.3, -0.25) is 0 Å². The average molecular weight is 379 g/mol. The first-order valence-corrected chi connectivity index (χ1v) is 8.27. The summed E-state index contributed by atoms with van der Waals surface area (Å²) in [6, 6.07) is 1.45. The summed E-state index contributed by atoms with van der Waals surface area (Å²) in [5.74, 6) is 0.610. The third-order valence-corrected chi connectivity index (χ3v) is 5.70. The number of hydrogen-bond donors (Lipinski definition) is 0. The van der Waals surface area contributed by atoms with Gasteiger partial charge in [-0.05, 0) is 22.0 Å². The number of rotatable bonds is 2. The van der Waals surface area contributed by atoms with Crippen molar-refractivity contribution in [1.82, 2.24) is 24.1 Å². The molecule has 0 aliphatic carbocycles. The van der Waals surface area contributed by atoms with Gasteiger partial charge in [-0.15, -0.1) is 10.2 Å². The molecule has 3 heterocycles. The summed E-state index contributed by atoms with van der Waals surface area (Å²) >= 11 is 9.11. The molecule has 10 heteroatoms. The molecule has 1 aliphatic heterocycles. The smallest absolute Gasteiger partial charge is 0.246 e. The molecule has 0 saturated carbocycles. The zero-order chi connectivity index (χ0) is 14.3. The summed E-state index contributed by atoms with van der Waals surface area (Å²) in [6.45, 7) is 1.03. The summed E-state index contributed by atoms with van der Waals surface area (Å²) in [6.07, 6.45) is 3.04. The van der Waals surface area contributed by atoms with E-state index in [4.69, 9.17) is 11.6 Å². The van der Waals surface area contributed by atoms with Crippen LogP contribution < -0.4 is 0 Å². The molecule has 106 valence electrons. The van der Waals surface area contributed by atoms with Crippen molar-refractivity contribution in [3.63, 3.8) is 0 Å². The van der Waals surface area contributed by atoms with Crippen LogP contribution in [0, 0.1) is 0 Å². The maximum Gasteiger partial charge on any atom is 0.246 e. The van der Waals surface area contributed by atoms with Gasteiger partial charge in [0, 0.05) is 23.8 Å². The molecule has 0 saturated heterocycles. The van der Waals surface area contributed by atoms with Crippen molar-refractivity contribution in [2.75, 3.05) is 6.54 Å². The molecular formula is C10H9BrClN5O2S. The van der Waals surface area contributed by atoms with E-state index in [2.05, 4.69) is 31.1 Å². The lowest BCUT2D eigenvalue weighted by Gasteiger charge is -2.26. The van der Waals surface area contributed by atoms with Crippen molar-refractivity contribution in [1.29, 1.82) is 0 Å². The SMILES string of the molecule is O=S(=O)(c1cc(Br)cnc1Cl)N1CCn2cnnc2C1. The van der Waals surface area contributed by atoms with Gasteiger partial charge in [0.1, 0.15) is 22.2 Å². The van der Waals surface area contributed by atoms with Crippen molar-refractivity contribution >= 4 is 37.6 Å². The number of sulfonamides is 1. The Morgan fingerprint density at radius 2 is 2.15 bits per heavy atom. The number of nitrogens with zero attached hydrogens (tertiary/aromatic N) is 5. The predicted octanol–water partition coefficient (Wildman–Crippen LogP) is 1.29. The molecule has 1 aliphatic rings. The Morgan fingerprint density at radius 1 is 1.35 bits per heavy atom. The van der Waals surface area contributed by atoms with Crippen LogP contribution >= 0.6 is 27.5 Å². The fraction of sp³-hybridized carbons (Fsp3) is 0.300. The van der Waals surface area contributed by atoms with Gasteiger partial charge in [-0.25, -0.2) is 13.4 Å². The maximum atomic E-state index is 12.6. The summed E-state index contributed by atoms with van der Waals surface area (Å²) in [4.78, 5) is 3.84. The van der Waals surface area contributed by atoms with Crippen LogP contribution in [0.2, 0.25) is 5.15 Å². The lowest BCUT2D eigenvalue weighted by molar-refractivity contribution is 0.335. The number of fused-ring (bicyclic) bond motifs is 1. The second-order valence-electron chi connectivity index (χ2n) is 4.22.